The van der Waals surface area contributed by atoms with Gasteiger partial charge >= 0.3 is 0 Å². The second-order valence-electron chi connectivity index (χ2n) is 4.24. The van der Waals surface area contributed by atoms with E-state index in [0.717, 1.165) is 17.9 Å². The van der Waals surface area contributed by atoms with Crippen LogP contribution in [0.5, 0.6) is 0 Å². The molecule has 2 aromatic heterocycles. The fourth-order valence-electron chi connectivity index (χ4n) is 2.23. The minimum atomic E-state index is 0.774. The molecule has 0 amide bonds. The van der Waals surface area contributed by atoms with Gasteiger partial charge in [-0.05, 0) is 30.3 Å². The van der Waals surface area contributed by atoms with Crippen LogP contribution in [-0.2, 0) is 6.54 Å². The fraction of sp³-hybridized carbons (Fsp3) is 0.0625. The van der Waals surface area contributed by atoms with Crippen LogP contribution in [0.1, 0.15) is 11.4 Å². The van der Waals surface area contributed by atoms with Crippen molar-refractivity contribution in [3.8, 4) is 0 Å². The van der Waals surface area contributed by atoms with Crippen LogP contribution in [0.2, 0.25) is 0 Å². The monoisotopic (exact) mass is 234 g/mol. The van der Waals surface area contributed by atoms with Gasteiger partial charge in [-0.15, -0.1) is 0 Å². The van der Waals surface area contributed by atoms with E-state index in [-0.39, 0.29) is 0 Å². The molecule has 0 unspecified atom stereocenters. The van der Waals surface area contributed by atoms with Gasteiger partial charge in [0.15, 0.2) is 0 Å². The standard InChI is InChI=1S/C16H14N2/c1-2-15-11-13-7-3-4-9-16(13)18(15)12-14-8-5-6-10-17-14/h2-11H,1,12H2. The lowest BCUT2D eigenvalue weighted by atomic mass is 10.2. The van der Waals surface area contributed by atoms with Gasteiger partial charge in [-0.3, -0.25) is 4.98 Å². The summed E-state index contributed by atoms with van der Waals surface area (Å²) in [5.41, 5.74) is 3.40. The molecule has 3 rings (SSSR count). The second-order valence-corrected chi connectivity index (χ2v) is 4.24. The molecule has 1 aromatic carbocycles. The van der Waals surface area contributed by atoms with Crippen LogP contribution in [-0.4, -0.2) is 9.55 Å². The molecule has 0 fully saturated rings. The van der Waals surface area contributed by atoms with E-state index in [2.05, 4.69) is 46.5 Å². The molecule has 0 aliphatic heterocycles. The van der Waals surface area contributed by atoms with Gasteiger partial charge in [-0.1, -0.05) is 30.8 Å². The molecular formula is C16H14N2. The van der Waals surface area contributed by atoms with Crippen molar-refractivity contribution in [2.24, 2.45) is 0 Å². The Kier molecular flexibility index (Phi) is 2.69. The maximum atomic E-state index is 4.38. The molecule has 0 bridgehead atoms. The zero-order valence-electron chi connectivity index (χ0n) is 10.1. The lowest BCUT2D eigenvalue weighted by Gasteiger charge is -2.07. The van der Waals surface area contributed by atoms with Crippen LogP contribution in [0.4, 0.5) is 0 Å². The predicted octanol–water partition coefficient (Wildman–Crippen LogP) is 3.73. The van der Waals surface area contributed by atoms with Gasteiger partial charge in [0, 0.05) is 22.8 Å². The van der Waals surface area contributed by atoms with E-state index >= 15 is 0 Å². The second kappa shape index (κ2) is 4.49. The number of rotatable bonds is 3. The quantitative estimate of drug-likeness (QED) is 0.675. The maximum Gasteiger partial charge on any atom is 0.0654 e. The molecule has 18 heavy (non-hydrogen) atoms. The summed E-state index contributed by atoms with van der Waals surface area (Å²) in [5.74, 6) is 0. The molecule has 0 spiro atoms. The molecule has 2 nitrogen and oxygen atoms in total. The number of hydrogen-bond acceptors (Lipinski definition) is 1. The van der Waals surface area contributed by atoms with Crippen molar-refractivity contribution in [1.29, 1.82) is 0 Å². The van der Waals surface area contributed by atoms with Gasteiger partial charge in [-0.25, -0.2) is 0 Å². The summed E-state index contributed by atoms with van der Waals surface area (Å²) in [6, 6.07) is 16.5. The van der Waals surface area contributed by atoms with Crippen molar-refractivity contribution in [2.45, 2.75) is 6.54 Å². The Bertz CT molecular complexity index is 681. The summed E-state index contributed by atoms with van der Waals surface area (Å²) >= 11 is 0. The minimum Gasteiger partial charge on any atom is -0.335 e. The van der Waals surface area contributed by atoms with Gasteiger partial charge in [-0.2, -0.15) is 0 Å². The van der Waals surface area contributed by atoms with E-state index in [1.165, 1.54) is 10.9 Å². The number of nitrogens with zero attached hydrogens (tertiary/aromatic N) is 2. The first-order chi connectivity index (χ1) is 8.88. The van der Waals surface area contributed by atoms with E-state index in [9.17, 15) is 0 Å². The molecule has 3 aromatic rings. The molecule has 0 atom stereocenters. The molecule has 88 valence electrons. The van der Waals surface area contributed by atoms with Crippen LogP contribution >= 0.6 is 0 Å². The lowest BCUT2D eigenvalue weighted by molar-refractivity contribution is 0.800. The summed E-state index contributed by atoms with van der Waals surface area (Å²) in [5, 5.41) is 1.24. The Labute approximate surface area is 106 Å². The molecular weight excluding hydrogens is 220 g/mol. The van der Waals surface area contributed by atoms with E-state index < -0.39 is 0 Å². The smallest absolute Gasteiger partial charge is 0.0654 e. The van der Waals surface area contributed by atoms with Crippen molar-refractivity contribution < 1.29 is 0 Å². The first kappa shape index (κ1) is 10.8. The number of fused-ring (bicyclic) bond motifs is 1. The predicted molar refractivity (Wildman–Crippen MR) is 75.4 cm³/mol. The summed E-state index contributed by atoms with van der Waals surface area (Å²) in [6.45, 7) is 4.66. The van der Waals surface area contributed by atoms with Crippen molar-refractivity contribution in [3.05, 3.63) is 72.7 Å². The zero-order chi connectivity index (χ0) is 12.4. The van der Waals surface area contributed by atoms with Crippen molar-refractivity contribution >= 4 is 17.0 Å². The Hall–Kier alpha value is -2.35. The highest BCUT2D eigenvalue weighted by Gasteiger charge is 2.06. The van der Waals surface area contributed by atoms with E-state index in [0.29, 0.717) is 0 Å². The molecule has 2 heteroatoms. The zero-order valence-corrected chi connectivity index (χ0v) is 10.1. The average molecular weight is 234 g/mol. The van der Waals surface area contributed by atoms with Gasteiger partial charge < -0.3 is 4.57 Å². The summed E-state index contributed by atoms with van der Waals surface area (Å²) < 4.78 is 2.24. The lowest BCUT2D eigenvalue weighted by Crippen LogP contribution is -2.02. The van der Waals surface area contributed by atoms with Crippen LogP contribution in [0.3, 0.4) is 0 Å². The van der Waals surface area contributed by atoms with Crippen molar-refractivity contribution in [3.63, 3.8) is 0 Å². The largest absolute Gasteiger partial charge is 0.335 e. The van der Waals surface area contributed by atoms with Crippen molar-refractivity contribution in [2.75, 3.05) is 0 Å². The molecule has 0 saturated carbocycles. The molecule has 0 radical (unpaired) electrons. The number of benzene rings is 1. The fourth-order valence-corrected chi connectivity index (χ4v) is 2.23. The first-order valence-corrected chi connectivity index (χ1v) is 5.99. The highest BCUT2D eigenvalue weighted by Crippen LogP contribution is 2.21. The van der Waals surface area contributed by atoms with Crippen LogP contribution in [0.25, 0.3) is 17.0 Å². The maximum absolute atomic E-state index is 4.38. The Morgan fingerprint density at radius 1 is 1.11 bits per heavy atom. The van der Waals surface area contributed by atoms with E-state index in [1.54, 1.807) is 0 Å². The molecule has 0 aliphatic carbocycles. The normalized spacial score (nSPS) is 10.7. The van der Waals surface area contributed by atoms with Gasteiger partial charge in [0.2, 0.25) is 0 Å². The third kappa shape index (κ3) is 1.82. The van der Waals surface area contributed by atoms with E-state index in [1.807, 2.05) is 30.5 Å². The topological polar surface area (TPSA) is 17.8 Å². The minimum absolute atomic E-state index is 0.774. The molecule has 0 saturated heterocycles. The SMILES string of the molecule is C=Cc1cc2ccccc2n1Cc1ccccn1. The summed E-state index contributed by atoms with van der Waals surface area (Å²) in [6.07, 6.45) is 3.72. The molecule has 2 heterocycles. The highest BCUT2D eigenvalue weighted by atomic mass is 15.0. The Balaban J connectivity index is 2.12. The Morgan fingerprint density at radius 3 is 2.72 bits per heavy atom. The number of hydrogen-bond donors (Lipinski definition) is 0. The van der Waals surface area contributed by atoms with Crippen molar-refractivity contribution in [1.82, 2.24) is 9.55 Å². The Morgan fingerprint density at radius 2 is 1.94 bits per heavy atom. The highest BCUT2D eigenvalue weighted by molar-refractivity contribution is 5.83. The van der Waals surface area contributed by atoms with Crippen LogP contribution in [0, 0.1) is 0 Å². The third-order valence-electron chi connectivity index (χ3n) is 3.10. The average Bonchev–Trinajstić information content (AvgIpc) is 2.78. The third-order valence-corrected chi connectivity index (χ3v) is 3.10. The van der Waals surface area contributed by atoms with Crippen LogP contribution in [0.15, 0.2) is 61.3 Å². The summed E-state index contributed by atoms with van der Waals surface area (Å²) in [4.78, 5) is 4.38. The number of pyridine rings is 1. The van der Waals surface area contributed by atoms with E-state index in [4.69, 9.17) is 0 Å². The summed E-state index contributed by atoms with van der Waals surface area (Å²) in [7, 11) is 0. The number of para-hydroxylation sites is 1. The molecule has 0 aliphatic rings. The van der Waals surface area contributed by atoms with Crippen LogP contribution < -0.4 is 0 Å². The number of aromatic nitrogens is 2. The van der Waals surface area contributed by atoms with Gasteiger partial charge in [0.1, 0.15) is 0 Å². The van der Waals surface area contributed by atoms with Gasteiger partial charge in [0.25, 0.3) is 0 Å². The molecule has 0 N–H and O–H groups in total. The van der Waals surface area contributed by atoms with Gasteiger partial charge in [0.05, 0.1) is 12.2 Å². The first-order valence-electron chi connectivity index (χ1n) is 5.99.